The van der Waals surface area contributed by atoms with E-state index in [4.69, 9.17) is 11.5 Å². The average Bonchev–Trinajstić information content (AvgIpc) is 3.43. The van der Waals surface area contributed by atoms with Crippen molar-refractivity contribution in [1.29, 1.82) is 0 Å². The molecular weight excluding hydrogens is 1050 g/mol. The van der Waals surface area contributed by atoms with Gasteiger partial charge in [0.05, 0.1) is 12.6 Å². The van der Waals surface area contributed by atoms with Crippen molar-refractivity contribution in [3.8, 4) is 5.75 Å². The number of carbonyl (C=O) groups excluding carboxylic acids is 8. The summed E-state index contributed by atoms with van der Waals surface area (Å²) in [5.74, 6) is -11.4. The second-order valence-corrected chi connectivity index (χ2v) is 20.7. The molecule has 0 bridgehead atoms. The van der Waals surface area contributed by atoms with Crippen molar-refractivity contribution < 1.29 is 68.4 Å². The average molecular weight is 1130 g/mol. The Hall–Kier alpha value is -7.96. The fraction of sp³-hybridized carbons (Fsp3) is 0.509. The molecule has 10 atom stereocenters. The lowest BCUT2D eigenvalue weighted by molar-refractivity contribution is -0.143. The van der Waals surface area contributed by atoms with Crippen LogP contribution < -0.4 is 54.0 Å². The Morgan fingerprint density at radius 2 is 0.877 bits per heavy atom. The van der Waals surface area contributed by atoms with Crippen molar-refractivity contribution in [1.82, 2.24) is 42.5 Å². The van der Waals surface area contributed by atoms with Crippen LogP contribution in [-0.2, 0) is 67.2 Å². The lowest BCUT2D eigenvalue weighted by Gasteiger charge is -2.30. The fourth-order valence-corrected chi connectivity index (χ4v) is 8.45. The summed E-state index contributed by atoms with van der Waals surface area (Å²) in [6, 6.07) is 10.8. The maximum absolute atomic E-state index is 14.5. The third-order valence-corrected chi connectivity index (χ3v) is 13.5. The minimum absolute atomic E-state index is 0.0566. The predicted octanol–water partition coefficient (Wildman–Crippen LogP) is 0.0546. The summed E-state index contributed by atoms with van der Waals surface area (Å²) in [7, 11) is 0. The monoisotopic (exact) mass is 1130 g/mol. The molecule has 0 saturated carbocycles. The first-order valence-corrected chi connectivity index (χ1v) is 27.2. The highest BCUT2D eigenvalue weighted by molar-refractivity contribution is 5.98. The van der Waals surface area contributed by atoms with Gasteiger partial charge in [-0.15, -0.1) is 0 Å². The van der Waals surface area contributed by atoms with Crippen LogP contribution in [0.1, 0.15) is 96.8 Å². The number of aromatic hydroxyl groups is 1. The van der Waals surface area contributed by atoms with E-state index in [0.717, 1.165) is 5.56 Å². The van der Waals surface area contributed by atoms with Gasteiger partial charge in [0.25, 0.3) is 0 Å². The van der Waals surface area contributed by atoms with Crippen LogP contribution >= 0.6 is 0 Å². The standard InChI is InChI=1S/C57H82N10O14/c1-7-34(6)48(56(79)63-42(29-36-18-12-9-13-19-36)52(75)62-43(30-37-21-23-38(69)24-22-37)53(76)66-47(33(4)5)57(80)81)67-51(74)40(20-14-15-27-58)60-50(73)41(25-26-45(70)71)61-54(77)44(31-68)64-55(78)46(32(2)3)65-49(72)39(59)28-35-16-10-8-11-17-35/h8-13,16-19,21-24,32-34,39-44,46-48,68-69H,7,14-15,20,25-31,58-59H2,1-6H3,(H,60,73)(H,61,77)(H,62,75)(H,63,79)(H,64,78)(H,65,72)(H,66,76)(H,67,74)(H,70,71)(H,80,81)/t34-,39-,40-,41-,42-,43-,44-,46-,47-,48-/m0/s1. The van der Waals surface area contributed by atoms with E-state index in [1.165, 1.54) is 24.3 Å². The van der Waals surface area contributed by atoms with E-state index in [9.17, 15) is 68.4 Å². The Morgan fingerprint density at radius 1 is 0.469 bits per heavy atom. The number of carboxylic acid groups (broad SMARTS) is 2. The fourth-order valence-electron chi connectivity index (χ4n) is 8.45. The number of hydrogen-bond acceptors (Lipinski definition) is 14. The number of nitrogens with two attached hydrogens (primary N) is 2. The van der Waals surface area contributed by atoms with E-state index in [1.807, 2.05) is 0 Å². The highest BCUT2D eigenvalue weighted by Crippen LogP contribution is 2.16. The molecule has 0 aromatic heterocycles. The van der Waals surface area contributed by atoms with Crippen molar-refractivity contribution in [2.75, 3.05) is 13.2 Å². The van der Waals surface area contributed by atoms with Crippen LogP contribution in [-0.4, -0.2) is 147 Å². The zero-order valence-electron chi connectivity index (χ0n) is 46.8. The Morgan fingerprint density at radius 3 is 1.37 bits per heavy atom. The van der Waals surface area contributed by atoms with Gasteiger partial charge in [0.15, 0.2) is 0 Å². The second kappa shape index (κ2) is 34.2. The van der Waals surface area contributed by atoms with Gasteiger partial charge in [0, 0.05) is 19.3 Å². The van der Waals surface area contributed by atoms with Gasteiger partial charge in [-0.1, -0.05) is 121 Å². The summed E-state index contributed by atoms with van der Waals surface area (Å²) in [4.78, 5) is 136. The van der Waals surface area contributed by atoms with E-state index in [-0.39, 0.29) is 44.4 Å². The van der Waals surface area contributed by atoms with E-state index < -0.39 is 151 Å². The van der Waals surface area contributed by atoms with Crippen LogP contribution in [0, 0.1) is 17.8 Å². The molecule has 3 rings (SSSR count). The molecule has 444 valence electrons. The number of nitrogens with one attached hydrogen (secondary N) is 8. The van der Waals surface area contributed by atoms with Crippen LogP contribution in [0.15, 0.2) is 84.9 Å². The van der Waals surface area contributed by atoms with Gasteiger partial charge in [-0.2, -0.15) is 0 Å². The number of phenols is 1. The number of aliphatic hydroxyl groups excluding tert-OH is 1. The molecule has 24 heteroatoms. The smallest absolute Gasteiger partial charge is 0.326 e. The molecule has 0 heterocycles. The molecule has 0 saturated heterocycles. The molecule has 0 spiro atoms. The summed E-state index contributed by atoms with van der Waals surface area (Å²) >= 11 is 0. The molecule has 0 aliphatic heterocycles. The van der Waals surface area contributed by atoms with Gasteiger partial charge in [-0.25, -0.2) is 4.79 Å². The number of carbonyl (C=O) groups is 10. The highest BCUT2D eigenvalue weighted by Gasteiger charge is 2.37. The third kappa shape index (κ3) is 23.0. The van der Waals surface area contributed by atoms with Gasteiger partial charge < -0.3 is 74.4 Å². The first-order valence-electron chi connectivity index (χ1n) is 27.2. The zero-order chi connectivity index (χ0) is 60.3. The highest BCUT2D eigenvalue weighted by atomic mass is 16.4. The van der Waals surface area contributed by atoms with Crippen LogP contribution in [0.4, 0.5) is 0 Å². The molecule has 24 nitrogen and oxygen atoms in total. The molecule has 3 aromatic carbocycles. The number of benzene rings is 3. The summed E-state index contributed by atoms with van der Waals surface area (Å²) < 4.78 is 0. The molecule has 0 aliphatic carbocycles. The van der Waals surface area contributed by atoms with Gasteiger partial charge in [0.1, 0.15) is 54.1 Å². The first kappa shape index (κ1) is 67.3. The predicted molar refractivity (Wildman–Crippen MR) is 299 cm³/mol. The number of hydrogen-bond donors (Lipinski definition) is 14. The Bertz CT molecular complexity index is 2550. The second-order valence-electron chi connectivity index (χ2n) is 20.7. The van der Waals surface area contributed by atoms with Crippen LogP contribution in [0.25, 0.3) is 0 Å². The molecule has 0 fully saturated rings. The van der Waals surface area contributed by atoms with Crippen molar-refractivity contribution in [2.45, 2.75) is 154 Å². The SMILES string of the molecule is CC[C@H](C)[C@H](NC(=O)[C@H](CCCCN)NC(=O)[C@H](CCC(=O)O)NC(=O)[C@H](CO)NC(=O)[C@@H](NC(=O)[C@@H](N)Cc1ccccc1)C(C)C)C(=O)N[C@@H](Cc1ccccc1)C(=O)N[C@@H](Cc1ccc(O)cc1)C(=O)N[C@H](C(=O)O)C(C)C. The lowest BCUT2D eigenvalue weighted by Crippen LogP contribution is -2.62. The van der Waals surface area contributed by atoms with E-state index >= 15 is 0 Å². The molecule has 0 unspecified atom stereocenters. The van der Waals surface area contributed by atoms with Crippen molar-refractivity contribution in [3.63, 3.8) is 0 Å². The maximum atomic E-state index is 14.5. The molecule has 8 amide bonds. The Balaban J connectivity index is 1.90. The van der Waals surface area contributed by atoms with Crippen LogP contribution in [0.5, 0.6) is 5.75 Å². The number of rotatable bonds is 35. The Labute approximate surface area is 472 Å². The third-order valence-electron chi connectivity index (χ3n) is 13.5. The van der Waals surface area contributed by atoms with Crippen LogP contribution in [0.3, 0.4) is 0 Å². The topological polar surface area (TPSA) is 400 Å². The summed E-state index contributed by atoms with van der Waals surface area (Å²) in [6.45, 7) is 9.08. The van der Waals surface area contributed by atoms with Gasteiger partial charge in [0.2, 0.25) is 47.3 Å². The Kier molecular flexibility index (Phi) is 28.5. The summed E-state index contributed by atoms with van der Waals surface area (Å²) in [5.41, 5.74) is 13.8. The minimum Gasteiger partial charge on any atom is -0.508 e. The number of phenolic OH excluding ortho intramolecular Hbond substituents is 1. The quantitative estimate of drug-likeness (QED) is 0.0346. The van der Waals surface area contributed by atoms with Gasteiger partial charge in [-0.05, 0) is 85.2 Å². The number of carboxylic acids is 2. The lowest BCUT2D eigenvalue weighted by atomic mass is 9.96. The minimum atomic E-state index is -1.71. The number of aliphatic carboxylic acids is 2. The van der Waals surface area contributed by atoms with Gasteiger partial charge in [-0.3, -0.25) is 43.2 Å². The van der Waals surface area contributed by atoms with Crippen molar-refractivity contribution >= 4 is 59.2 Å². The molecular formula is C57H82N10O14. The summed E-state index contributed by atoms with van der Waals surface area (Å²) in [6.07, 6.45) is -0.357. The zero-order valence-corrected chi connectivity index (χ0v) is 46.8. The number of aliphatic hydroxyl groups is 1. The van der Waals surface area contributed by atoms with E-state index in [2.05, 4.69) is 42.5 Å². The first-order chi connectivity index (χ1) is 38.4. The number of unbranched alkanes of at least 4 members (excludes halogenated alkanes) is 1. The van der Waals surface area contributed by atoms with Crippen LogP contribution in [0.2, 0.25) is 0 Å². The van der Waals surface area contributed by atoms with E-state index in [0.29, 0.717) is 24.0 Å². The van der Waals surface area contributed by atoms with E-state index in [1.54, 1.807) is 102 Å². The maximum Gasteiger partial charge on any atom is 0.326 e. The molecule has 16 N–H and O–H groups in total. The van der Waals surface area contributed by atoms with Crippen molar-refractivity contribution in [2.24, 2.45) is 29.2 Å². The number of amides is 8. The van der Waals surface area contributed by atoms with Crippen molar-refractivity contribution in [3.05, 3.63) is 102 Å². The molecule has 0 radical (unpaired) electrons. The molecule has 81 heavy (non-hydrogen) atoms. The largest absolute Gasteiger partial charge is 0.508 e. The van der Waals surface area contributed by atoms with Gasteiger partial charge >= 0.3 is 11.9 Å². The normalized spacial score (nSPS) is 14.9. The molecule has 0 aliphatic rings. The molecule has 3 aromatic rings. The summed E-state index contributed by atoms with van der Waals surface area (Å²) in [5, 5.41) is 60.2.